The number of nitrogens with one attached hydrogen (secondary N) is 1. The van der Waals surface area contributed by atoms with Gasteiger partial charge in [0.2, 0.25) is 0 Å². The fraction of sp³-hybridized carbons (Fsp3) is 0.385. The molecule has 1 nitrogen and oxygen atoms in total. The predicted octanol–water partition coefficient (Wildman–Crippen LogP) is 4.01. The molecule has 2 aromatic rings. The summed E-state index contributed by atoms with van der Waals surface area (Å²) in [5.74, 6) is 1.24. The summed E-state index contributed by atoms with van der Waals surface area (Å²) >= 11 is 3.90. The molecular weight excluding hydrogens is 234 g/mol. The lowest BCUT2D eigenvalue weighted by molar-refractivity contribution is 0.563. The van der Waals surface area contributed by atoms with Crippen LogP contribution in [0, 0.1) is 0 Å². The summed E-state index contributed by atoms with van der Waals surface area (Å²) in [6.07, 6.45) is 1.23. The summed E-state index contributed by atoms with van der Waals surface area (Å²) in [6, 6.07) is 9.39. The van der Waals surface area contributed by atoms with Crippen molar-refractivity contribution in [1.82, 2.24) is 5.32 Å². The molecule has 1 aliphatic rings. The van der Waals surface area contributed by atoms with Crippen molar-refractivity contribution in [2.24, 2.45) is 0 Å². The van der Waals surface area contributed by atoms with Crippen LogP contribution < -0.4 is 5.32 Å². The third kappa shape index (κ3) is 1.77. The van der Waals surface area contributed by atoms with Crippen molar-refractivity contribution in [2.45, 2.75) is 24.8 Å². The molecule has 3 rings (SSSR count). The van der Waals surface area contributed by atoms with E-state index in [4.69, 9.17) is 0 Å². The molecule has 2 atom stereocenters. The summed E-state index contributed by atoms with van der Waals surface area (Å²) in [5, 5.41) is 7.94. The first-order valence-electron chi connectivity index (χ1n) is 5.72. The zero-order valence-corrected chi connectivity index (χ0v) is 10.9. The Morgan fingerprint density at radius 1 is 1.38 bits per heavy atom. The van der Waals surface area contributed by atoms with Crippen LogP contribution in [-0.4, -0.2) is 11.8 Å². The van der Waals surface area contributed by atoms with E-state index in [1.54, 1.807) is 0 Å². The number of hydrogen-bond donors (Lipinski definition) is 1. The fourth-order valence-electron chi connectivity index (χ4n) is 2.14. The van der Waals surface area contributed by atoms with Crippen LogP contribution in [0.4, 0.5) is 0 Å². The predicted molar refractivity (Wildman–Crippen MR) is 74.2 cm³/mol. The van der Waals surface area contributed by atoms with Gasteiger partial charge >= 0.3 is 0 Å². The molecule has 1 N–H and O–H groups in total. The molecule has 2 unspecified atom stereocenters. The molecular formula is C13H15NS2. The highest BCUT2D eigenvalue weighted by Crippen LogP contribution is 2.39. The van der Waals surface area contributed by atoms with Gasteiger partial charge in [0, 0.05) is 16.5 Å². The molecule has 0 aliphatic carbocycles. The van der Waals surface area contributed by atoms with Gasteiger partial charge in [-0.2, -0.15) is 0 Å². The van der Waals surface area contributed by atoms with Gasteiger partial charge in [-0.15, -0.1) is 23.1 Å². The summed E-state index contributed by atoms with van der Waals surface area (Å²) in [4.78, 5) is 0. The number of hydrogen-bond acceptors (Lipinski definition) is 3. The summed E-state index contributed by atoms with van der Waals surface area (Å²) < 4.78 is 1.40. The smallest absolute Gasteiger partial charge is 0.0806 e. The minimum atomic E-state index is 0.501. The maximum atomic E-state index is 3.70. The molecule has 0 radical (unpaired) electrons. The van der Waals surface area contributed by atoms with E-state index in [2.05, 4.69) is 41.9 Å². The van der Waals surface area contributed by atoms with Gasteiger partial charge in [0.05, 0.1) is 5.37 Å². The lowest BCUT2D eigenvalue weighted by Crippen LogP contribution is -2.24. The molecule has 1 aliphatic heterocycles. The van der Waals surface area contributed by atoms with Gasteiger partial charge in [-0.1, -0.05) is 25.1 Å². The number of thiophene rings is 1. The van der Waals surface area contributed by atoms with Crippen molar-refractivity contribution in [3.8, 4) is 0 Å². The van der Waals surface area contributed by atoms with Crippen molar-refractivity contribution in [1.29, 1.82) is 0 Å². The van der Waals surface area contributed by atoms with E-state index < -0.39 is 0 Å². The van der Waals surface area contributed by atoms with Crippen LogP contribution in [0.25, 0.3) is 10.1 Å². The van der Waals surface area contributed by atoms with Crippen molar-refractivity contribution < 1.29 is 0 Å². The zero-order valence-electron chi connectivity index (χ0n) is 9.27. The summed E-state index contributed by atoms with van der Waals surface area (Å²) in [5.41, 5.74) is 1.47. The highest BCUT2D eigenvalue weighted by molar-refractivity contribution is 7.99. The van der Waals surface area contributed by atoms with E-state index in [1.807, 2.05) is 23.1 Å². The number of fused-ring (bicyclic) bond motifs is 1. The van der Waals surface area contributed by atoms with Gasteiger partial charge in [-0.25, -0.2) is 0 Å². The first kappa shape index (κ1) is 10.6. The van der Waals surface area contributed by atoms with Crippen LogP contribution in [0.15, 0.2) is 29.6 Å². The van der Waals surface area contributed by atoms with E-state index in [0.29, 0.717) is 11.4 Å². The molecule has 1 aromatic heterocycles. The van der Waals surface area contributed by atoms with Gasteiger partial charge in [0.1, 0.15) is 0 Å². The van der Waals surface area contributed by atoms with Gasteiger partial charge < -0.3 is 0 Å². The number of benzene rings is 1. The maximum absolute atomic E-state index is 3.70. The Bertz CT molecular complexity index is 491. The first-order valence-corrected chi connectivity index (χ1v) is 7.65. The van der Waals surface area contributed by atoms with Crippen LogP contribution >= 0.6 is 23.1 Å². The van der Waals surface area contributed by atoms with E-state index >= 15 is 0 Å². The summed E-state index contributed by atoms with van der Waals surface area (Å²) in [6.45, 7) is 2.26. The zero-order chi connectivity index (χ0) is 11.0. The van der Waals surface area contributed by atoms with Crippen LogP contribution in [0.3, 0.4) is 0 Å². The van der Waals surface area contributed by atoms with Crippen molar-refractivity contribution in [3.05, 3.63) is 35.2 Å². The Kier molecular flexibility index (Phi) is 2.92. The lowest BCUT2D eigenvalue weighted by atomic mass is 10.1. The average Bonchev–Trinajstić information content (AvgIpc) is 2.94. The second-order valence-corrected chi connectivity index (χ2v) is 6.22. The topological polar surface area (TPSA) is 12.0 Å². The molecule has 1 aromatic carbocycles. The van der Waals surface area contributed by atoms with Crippen LogP contribution in [0.5, 0.6) is 0 Å². The van der Waals surface area contributed by atoms with E-state index in [0.717, 1.165) is 0 Å². The SMILES string of the molecule is CCC1CSC(c2csc3ccccc23)N1. The molecule has 0 saturated carbocycles. The Morgan fingerprint density at radius 3 is 3.06 bits per heavy atom. The first-order chi connectivity index (χ1) is 7.88. The minimum Gasteiger partial charge on any atom is -0.298 e. The Hall–Kier alpha value is -0.510. The fourth-order valence-corrected chi connectivity index (χ4v) is 4.63. The monoisotopic (exact) mass is 249 g/mol. The van der Waals surface area contributed by atoms with Gasteiger partial charge in [0.25, 0.3) is 0 Å². The highest BCUT2D eigenvalue weighted by atomic mass is 32.2. The average molecular weight is 249 g/mol. The molecule has 16 heavy (non-hydrogen) atoms. The minimum absolute atomic E-state index is 0.501. The number of thioether (sulfide) groups is 1. The normalized spacial score (nSPS) is 25.3. The lowest BCUT2D eigenvalue weighted by Gasteiger charge is -2.11. The molecule has 1 fully saturated rings. The van der Waals surface area contributed by atoms with Gasteiger partial charge in [-0.05, 0) is 28.8 Å². The largest absolute Gasteiger partial charge is 0.298 e. The van der Waals surface area contributed by atoms with E-state index in [9.17, 15) is 0 Å². The molecule has 84 valence electrons. The molecule has 0 spiro atoms. The van der Waals surface area contributed by atoms with Crippen molar-refractivity contribution >= 4 is 33.2 Å². The summed E-state index contributed by atoms with van der Waals surface area (Å²) in [7, 11) is 0. The number of rotatable bonds is 2. The van der Waals surface area contributed by atoms with Crippen molar-refractivity contribution in [2.75, 3.05) is 5.75 Å². The maximum Gasteiger partial charge on any atom is 0.0806 e. The second-order valence-electron chi connectivity index (χ2n) is 4.17. The Balaban J connectivity index is 1.95. The molecule has 3 heteroatoms. The molecule has 2 heterocycles. The second kappa shape index (κ2) is 4.40. The third-order valence-corrected chi connectivity index (χ3v) is 5.44. The Labute approximate surface area is 104 Å². The van der Waals surface area contributed by atoms with Crippen LogP contribution in [0.2, 0.25) is 0 Å². The van der Waals surface area contributed by atoms with Crippen molar-refractivity contribution in [3.63, 3.8) is 0 Å². The quantitative estimate of drug-likeness (QED) is 0.863. The van der Waals surface area contributed by atoms with Gasteiger partial charge in [-0.3, -0.25) is 5.32 Å². The molecule has 0 bridgehead atoms. The van der Waals surface area contributed by atoms with E-state index in [-0.39, 0.29) is 0 Å². The van der Waals surface area contributed by atoms with E-state index in [1.165, 1.54) is 27.8 Å². The van der Waals surface area contributed by atoms with Crippen LogP contribution in [0.1, 0.15) is 24.3 Å². The van der Waals surface area contributed by atoms with Gasteiger partial charge in [0.15, 0.2) is 0 Å². The van der Waals surface area contributed by atoms with Crippen LogP contribution in [-0.2, 0) is 0 Å². The molecule has 0 amide bonds. The third-order valence-electron chi connectivity index (χ3n) is 3.14. The highest BCUT2D eigenvalue weighted by Gasteiger charge is 2.25. The standard InChI is InChI=1S/C13H15NS2/c1-2-9-7-16-13(14-9)11-8-15-12-6-4-3-5-10(11)12/h3-6,8-9,13-14H,2,7H2,1H3. The Morgan fingerprint density at radius 2 is 2.25 bits per heavy atom. The molecule has 1 saturated heterocycles.